The van der Waals surface area contributed by atoms with Crippen LogP contribution >= 0.6 is 0 Å². The van der Waals surface area contributed by atoms with Crippen LogP contribution in [-0.4, -0.2) is 15.0 Å². The Morgan fingerprint density at radius 1 is 1.36 bits per heavy atom. The van der Waals surface area contributed by atoms with Crippen LogP contribution in [0.15, 0.2) is 0 Å². The molecule has 1 aromatic rings. The van der Waals surface area contributed by atoms with E-state index in [9.17, 15) is 0 Å². The summed E-state index contributed by atoms with van der Waals surface area (Å²) in [5.74, 6) is 0. The average Bonchev–Trinajstić information content (AvgIpc) is 2.11. The van der Waals surface area contributed by atoms with Crippen molar-refractivity contribution in [3.05, 3.63) is 11.9 Å². The summed E-state index contributed by atoms with van der Waals surface area (Å²) < 4.78 is 0. The van der Waals surface area contributed by atoms with Crippen LogP contribution in [0.5, 0.6) is 0 Å². The first-order valence-electron chi connectivity index (χ1n) is 3.32. The van der Waals surface area contributed by atoms with E-state index in [1.54, 1.807) is 4.80 Å². The number of hydrogen-bond donors (Lipinski definition) is 0. The molecule has 1 radical (unpaired) electrons. The summed E-state index contributed by atoms with van der Waals surface area (Å²) in [7, 11) is 0. The van der Waals surface area contributed by atoms with Crippen molar-refractivity contribution in [2.24, 2.45) is 0 Å². The standard InChI is InChI=1S/C7H12N3.Y/c1-6-5-8-10(9-6)7(2,3)4;/h1-4H3;/q-1;. The third kappa shape index (κ3) is 3.00. The van der Waals surface area contributed by atoms with Crippen LogP contribution in [0.1, 0.15) is 26.5 Å². The third-order valence-corrected chi connectivity index (χ3v) is 1.15. The molecule has 0 N–H and O–H groups in total. The molecule has 4 heteroatoms. The zero-order valence-electron chi connectivity index (χ0n) is 7.42. The van der Waals surface area contributed by atoms with E-state index in [2.05, 4.69) is 37.2 Å². The molecule has 1 rings (SSSR count). The van der Waals surface area contributed by atoms with Gasteiger partial charge in [-0.05, 0) is 20.8 Å². The topological polar surface area (TPSA) is 30.7 Å². The summed E-state index contributed by atoms with van der Waals surface area (Å²) in [6.07, 6.45) is 2.78. The minimum Gasteiger partial charge on any atom is -0.374 e. The van der Waals surface area contributed by atoms with Crippen LogP contribution in [0.2, 0.25) is 0 Å². The second kappa shape index (κ2) is 3.77. The van der Waals surface area contributed by atoms with Crippen LogP contribution in [0, 0.1) is 13.1 Å². The van der Waals surface area contributed by atoms with Gasteiger partial charge in [0.2, 0.25) is 0 Å². The van der Waals surface area contributed by atoms with Gasteiger partial charge in [-0.2, -0.15) is 5.10 Å². The molecule has 1 aromatic heterocycles. The van der Waals surface area contributed by atoms with E-state index in [1.807, 2.05) is 6.92 Å². The molecule has 0 aliphatic carbocycles. The molecule has 3 nitrogen and oxygen atoms in total. The van der Waals surface area contributed by atoms with Gasteiger partial charge in [0.15, 0.2) is 0 Å². The Kier molecular flexibility index (Phi) is 3.85. The maximum absolute atomic E-state index is 4.13. The van der Waals surface area contributed by atoms with Crippen molar-refractivity contribution in [1.29, 1.82) is 0 Å². The zero-order chi connectivity index (χ0) is 7.78. The number of aromatic nitrogens is 3. The number of hydrogen-bond acceptors (Lipinski definition) is 2. The van der Waals surface area contributed by atoms with E-state index in [0.717, 1.165) is 5.69 Å². The van der Waals surface area contributed by atoms with Gasteiger partial charge in [0.1, 0.15) is 0 Å². The molecule has 0 atom stereocenters. The Morgan fingerprint density at radius 3 is 2.09 bits per heavy atom. The van der Waals surface area contributed by atoms with Crippen molar-refractivity contribution in [2.45, 2.75) is 33.2 Å². The van der Waals surface area contributed by atoms with Crippen molar-refractivity contribution >= 4 is 0 Å². The van der Waals surface area contributed by atoms with Crippen LogP contribution in [0.25, 0.3) is 0 Å². The number of rotatable bonds is 0. The Balaban J connectivity index is 0.000001000. The van der Waals surface area contributed by atoms with E-state index < -0.39 is 0 Å². The first-order chi connectivity index (χ1) is 4.50. The average molecular weight is 227 g/mol. The summed E-state index contributed by atoms with van der Waals surface area (Å²) in [6, 6.07) is 0. The molecule has 11 heavy (non-hydrogen) atoms. The summed E-state index contributed by atoms with van der Waals surface area (Å²) in [4.78, 5) is 1.67. The fourth-order valence-corrected chi connectivity index (χ4v) is 0.607. The van der Waals surface area contributed by atoms with Crippen molar-refractivity contribution in [3.8, 4) is 0 Å². The van der Waals surface area contributed by atoms with Gasteiger partial charge in [0.25, 0.3) is 0 Å². The molecule has 0 amide bonds. The van der Waals surface area contributed by atoms with E-state index in [4.69, 9.17) is 0 Å². The first kappa shape index (κ1) is 11.2. The molecule has 0 aliphatic heterocycles. The number of nitrogens with zero attached hydrogens (tertiary/aromatic N) is 3. The molecule has 1 heterocycles. The summed E-state index contributed by atoms with van der Waals surface area (Å²) in [5.41, 5.74) is 0.819. The van der Waals surface area contributed by atoms with Crippen LogP contribution in [0.4, 0.5) is 0 Å². The molecule has 0 saturated heterocycles. The summed E-state index contributed by atoms with van der Waals surface area (Å²) in [5, 5.41) is 8.10. The Labute approximate surface area is 92.4 Å². The van der Waals surface area contributed by atoms with Gasteiger partial charge in [0, 0.05) is 32.7 Å². The summed E-state index contributed by atoms with van der Waals surface area (Å²) in [6.45, 7) is 8.05. The van der Waals surface area contributed by atoms with Crippen LogP contribution < -0.4 is 0 Å². The smallest absolute Gasteiger partial charge is 0.0706 e. The van der Waals surface area contributed by atoms with E-state index in [1.165, 1.54) is 0 Å². The molecular weight excluding hydrogens is 215 g/mol. The van der Waals surface area contributed by atoms with Gasteiger partial charge in [-0.3, -0.25) is 0 Å². The first-order valence-corrected chi connectivity index (χ1v) is 3.32. The molecule has 0 fully saturated rings. The predicted molar refractivity (Wildman–Crippen MR) is 38.6 cm³/mol. The van der Waals surface area contributed by atoms with Crippen molar-refractivity contribution in [3.63, 3.8) is 0 Å². The SMILES string of the molecule is Cc1[c-]nn(C(C)(C)C)n1.[Y]. The van der Waals surface area contributed by atoms with Gasteiger partial charge in [-0.25, -0.2) is 4.80 Å². The van der Waals surface area contributed by atoms with Crippen LogP contribution in [0.3, 0.4) is 0 Å². The Morgan fingerprint density at radius 2 is 1.91 bits per heavy atom. The van der Waals surface area contributed by atoms with Gasteiger partial charge in [-0.1, -0.05) is 6.92 Å². The fourth-order valence-electron chi connectivity index (χ4n) is 0.607. The van der Waals surface area contributed by atoms with Crippen molar-refractivity contribution < 1.29 is 32.7 Å². The molecule has 0 bridgehead atoms. The molecule has 0 spiro atoms. The second-order valence-electron chi connectivity index (χ2n) is 3.36. The monoisotopic (exact) mass is 227 g/mol. The Hall–Kier alpha value is 0.244. The quantitative estimate of drug-likeness (QED) is 0.622. The van der Waals surface area contributed by atoms with Crippen molar-refractivity contribution in [1.82, 2.24) is 15.0 Å². The van der Waals surface area contributed by atoms with E-state index in [-0.39, 0.29) is 38.2 Å². The van der Waals surface area contributed by atoms with Gasteiger partial charge < -0.3 is 11.3 Å². The molecular formula is C7H12N3Y-. The third-order valence-electron chi connectivity index (χ3n) is 1.15. The largest absolute Gasteiger partial charge is 0.374 e. The number of aryl methyl sites for hydroxylation is 1. The maximum atomic E-state index is 4.13. The van der Waals surface area contributed by atoms with E-state index >= 15 is 0 Å². The normalized spacial score (nSPS) is 10.9. The zero-order valence-corrected chi connectivity index (χ0v) is 10.3. The minimum absolute atomic E-state index is 0. The maximum Gasteiger partial charge on any atom is 0.0706 e. The Bertz CT molecular complexity index is 224. The molecule has 0 saturated carbocycles. The summed E-state index contributed by atoms with van der Waals surface area (Å²) >= 11 is 0. The van der Waals surface area contributed by atoms with Crippen LogP contribution in [-0.2, 0) is 38.2 Å². The predicted octanol–water partition coefficient (Wildman–Crippen LogP) is 1.14. The molecule has 0 aromatic carbocycles. The molecule has 0 aliphatic rings. The molecule has 0 unspecified atom stereocenters. The van der Waals surface area contributed by atoms with Gasteiger partial charge >= 0.3 is 0 Å². The fraction of sp³-hybridized carbons (Fsp3) is 0.714. The van der Waals surface area contributed by atoms with Crippen molar-refractivity contribution in [2.75, 3.05) is 0 Å². The molecule has 59 valence electrons. The minimum atomic E-state index is -0.0231. The van der Waals surface area contributed by atoms with E-state index in [0.29, 0.717) is 0 Å². The van der Waals surface area contributed by atoms with Gasteiger partial charge in [-0.15, -0.1) is 5.69 Å². The van der Waals surface area contributed by atoms with Gasteiger partial charge in [0.05, 0.1) is 5.54 Å². The second-order valence-corrected chi connectivity index (χ2v) is 3.36.